The predicted molar refractivity (Wildman–Crippen MR) is 83.7 cm³/mol. The molecule has 1 aromatic rings. The molecule has 23 heavy (non-hydrogen) atoms. The molecule has 3 heterocycles. The van der Waals surface area contributed by atoms with Crippen LogP contribution in [0.4, 0.5) is 4.79 Å². The molecule has 1 atom stereocenters. The molecule has 0 bridgehead atoms. The minimum Gasteiger partial charge on any atom is -0.361 e. The Morgan fingerprint density at radius 1 is 1.39 bits per heavy atom. The van der Waals surface area contributed by atoms with Gasteiger partial charge in [0.05, 0.1) is 6.04 Å². The SMILES string of the molecule is Cc1cc([C@H]2CCCN2CCCN2C(=O)NC(C)(C)C2=O)no1. The second kappa shape index (κ2) is 5.96. The normalized spacial score (nSPS) is 24.5. The topological polar surface area (TPSA) is 78.7 Å². The molecule has 0 aromatic carbocycles. The Balaban J connectivity index is 1.54. The molecule has 2 aliphatic rings. The molecule has 7 heteroatoms. The summed E-state index contributed by atoms with van der Waals surface area (Å²) in [5.74, 6) is 0.681. The lowest BCUT2D eigenvalue weighted by atomic mass is 10.1. The monoisotopic (exact) mass is 320 g/mol. The Bertz CT molecular complexity index is 610. The summed E-state index contributed by atoms with van der Waals surface area (Å²) in [7, 11) is 0. The van der Waals surface area contributed by atoms with Crippen molar-refractivity contribution in [3.8, 4) is 0 Å². The molecule has 0 radical (unpaired) electrons. The highest BCUT2D eigenvalue weighted by Crippen LogP contribution is 2.31. The summed E-state index contributed by atoms with van der Waals surface area (Å²) in [6, 6.07) is 1.99. The molecule has 1 aromatic heterocycles. The number of amides is 3. The van der Waals surface area contributed by atoms with Crippen LogP contribution in [0.2, 0.25) is 0 Å². The van der Waals surface area contributed by atoms with Crippen molar-refractivity contribution < 1.29 is 14.1 Å². The van der Waals surface area contributed by atoms with Crippen molar-refractivity contribution >= 4 is 11.9 Å². The summed E-state index contributed by atoms with van der Waals surface area (Å²) in [4.78, 5) is 27.7. The van der Waals surface area contributed by atoms with E-state index in [1.54, 1.807) is 13.8 Å². The molecule has 2 fully saturated rings. The van der Waals surface area contributed by atoms with Gasteiger partial charge in [-0.2, -0.15) is 0 Å². The Morgan fingerprint density at radius 3 is 2.78 bits per heavy atom. The molecule has 2 aliphatic heterocycles. The number of aryl methyl sites for hydroxylation is 1. The van der Waals surface area contributed by atoms with Crippen molar-refractivity contribution in [1.29, 1.82) is 0 Å². The van der Waals surface area contributed by atoms with E-state index in [-0.39, 0.29) is 18.0 Å². The number of nitrogens with zero attached hydrogens (tertiary/aromatic N) is 3. The third kappa shape index (κ3) is 3.10. The fourth-order valence-electron chi connectivity index (χ4n) is 3.42. The fourth-order valence-corrected chi connectivity index (χ4v) is 3.42. The number of hydrogen-bond donors (Lipinski definition) is 1. The molecular formula is C16H24N4O3. The third-order valence-electron chi connectivity index (χ3n) is 4.62. The van der Waals surface area contributed by atoms with Gasteiger partial charge in [-0.25, -0.2) is 4.79 Å². The number of imide groups is 1. The van der Waals surface area contributed by atoms with E-state index in [2.05, 4.69) is 15.4 Å². The molecule has 0 saturated carbocycles. The lowest BCUT2D eigenvalue weighted by Crippen LogP contribution is -2.40. The number of hydrogen-bond acceptors (Lipinski definition) is 5. The molecule has 126 valence electrons. The first kappa shape index (κ1) is 16.0. The summed E-state index contributed by atoms with van der Waals surface area (Å²) in [6.45, 7) is 7.67. The number of aromatic nitrogens is 1. The van der Waals surface area contributed by atoms with Crippen molar-refractivity contribution in [2.24, 2.45) is 0 Å². The van der Waals surface area contributed by atoms with Crippen LogP contribution in [0.25, 0.3) is 0 Å². The largest absolute Gasteiger partial charge is 0.361 e. The van der Waals surface area contributed by atoms with Crippen molar-refractivity contribution in [2.75, 3.05) is 19.6 Å². The maximum atomic E-state index is 12.2. The standard InChI is InChI=1S/C16H24N4O3/c1-11-10-12(18-23-11)13-6-4-7-19(13)8-5-9-20-14(21)16(2,3)17-15(20)22/h10,13H,4-9H2,1-3H3,(H,17,22)/t13-/m1/s1. The van der Waals surface area contributed by atoms with Gasteiger partial charge >= 0.3 is 6.03 Å². The smallest absolute Gasteiger partial charge is 0.325 e. The number of nitrogens with one attached hydrogen (secondary N) is 1. The van der Waals surface area contributed by atoms with Crippen molar-refractivity contribution in [3.63, 3.8) is 0 Å². The molecule has 2 saturated heterocycles. The Hall–Kier alpha value is -1.89. The van der Waals surface area contributed by atoms with Crippen molar-refractivity contribution in [1.82, 2.24) is 20.3 Å². The van der Waals surface area contributed by atoms with Gasteiger partial charge in [-0.3, -0.25) is 14.6 Å². The molecule has 3 rings (SSSR count). The van der Waals surface area contributed by atoms with Crippen LogP contribution in [0.5, 0.6) is 0 Å². The van der Waals surface area contributed by atoms with Crippen LogP contribution >= 0.6 is 0 Å². The van der Waals surface area contributed by atoms with Crippen molar-refractivity contribution in [2.45, 2.75) is 51.6 Å². The average Bonchev–Trinajstić information content (AvgIpc) is 3.14. The molecule has 7 nitrogen and oxygen atoms in total. The zero-order valence-corrected chi connectivity index (χ0v) is 14.0. The van der Waals surface area contributed by atoms with E-state index >= 15 is 0 Å². The van der Waals surface area contributed by atoms with Crippen LogP contribution in [0.3, 0.4) is 0 Å². The number of rotatable bonds is 5. The summed E-state index contributed by atoms with van der Waals surface area (Å²) in [6.07, 6.45) is 2.97. The number of likely N-dealkylation sites (tertiary alicyclic amines) is 1. The second-order valence-electron chi connectivity index (χ2n) is 6.92. The second-order valence-corrected chi connectivity index (χ2v) is 6.92. The molecule has 1 N–H and O–H groups in total. The van der Waals surface area contributed by atoms with E-state index in [1.807, 2.05) is 13.0 Å². The van der Waals surface area contributed by atoms with Gasteiger partial charge in [-0.15, -0.1) is 0 Å². The number of carbonyl (C=O) groups is 2. The highest BCUT2D eigenvalue weighted by atomic mass is 16.5. The van der Waals surface area contributed by atoms with Gasteiger partial charge in [0.15, 0.2) is 0 Å². The molecule has 0 spiro atoms. The molecular weight excluding hydrogens is 296 g/mol. The summed E-state index contributed by atoms with van der Waals surface area (Å²) in [5, 5.41) is 6.84. The van der Waals surface area contributed by atoms with Gasteiger partial charge in [0.2, 0.25) is 0 Å². The van der Waals surface area contributed by atoms with E-state index in [9.17, 15) is 9.59 Å². The zero-order chi connectivity index (χ0) is 16.6. The minimum absolute atomic E-state index is 0.146. The maximum absolute atomic E-state index is 12.2. The van der Waals surface area contributed by atoms with E-state index in [0.29, 0.717) is 6.54 Å². The summed E-state index contributed by atoms with van der Waals surface area (Å²) in [5.41, 5.74) is 0.196. The van der Waals surface area contributed by atoms with E-state index in [1.165, 1.54) is 4.90 Å². The predicted octanol–water partition coefficient (Wildman–Crippen LogP) is 1.84. The first-order valence-electron chi connectivity index (χ1n) is 8.20. The summed E-state index contributed by atoms with van der Waals surface area (Å²) < 4.78 is 5.18. The highest BCUT2D eigenvalue weighted by Gasteiger charge is 2.43. The van der Waals surface area contributed by atoms with Crippen LogP contribution in [-0.4, -0.2) is 52.1 Å². The number of urea groups is 1. The van der Waals surface area contributed by atoms with Gasteiger partial charge < -0.3 is 9.84 Å². The van der Waals surface area contributed by atoms with Gasteiger partial charge in [0, 0.05) is 19.2 Å². The Morgan fingerprint density at radius 2 is 2.17 bits per heavy atom. The van der Waals surface area contributed by atoms with Crippen LogP contribution < -0.4 is 5.32 Å². The minimum atomic E-state index is -0.786. The van der Waals surface area contributed by atoms with Gasteiger partial charge in [-0.1, -0.05) is 5.16 Å². The average molecular weight is 320 g/mol. The van der Waals surface area contributed by atoms with E-state index in [0.717, 1.165) is 43.8 Å². The lowest BCUT2D eigenvalue weighted by Gasteiger charge is -2.23. The first-order chi connectivity index (χ1) is 10.9. The fraction of sp³-hybridized carbons (Fsp3) is 0.688. The van der Waals surface area contributed by atoms with Gasteiger partial charge in [-0.05, 0) is 46.6 Å². The van der Waals surface area contributed by atoms with E-state index < -0.39 is 5.54 Å². The molecule has 3 amide bonds. The van der Waals surface area contributed by atoms with Gasteiger partial charge in [0.25, 0.3) is 5.91 Å². The van der Waals surface area contributed by atoms with Crippen LogP contribution in [0.1, 0.15) is 50.6 Å². The van der Waals surface area contributed by atoms with Crippen LogP contribution in [0, 0.1) is 6.92 Å². The highest BCUT2D eigenvalue weighted by molar-refractivity contribution is 6.06. The van der Waals surface area contributed by atoms with Crippen LogP contribution in [0.15, 0.2) is 10.6 Å². The quantitative estimate of drug-likeness (QED) is 0.838. The van der Waals surface area contributed by atoms with Crippen molar-refractivity contribution in [3.05, 3.63) is 17.5 Å². The van der Waals surface area contributed by atoms with Gasteiger partial charge in [0.1, 0.15) is 17.0 Å². The van der Waals surface area contributed by atoms with E-state index in [4.69, 9.17) is 4.52 Å². The first-order valence-corrected chi connectivity index (χ1v) is 8.20. The summed E-state index contributed by atoms with van der Waals surface area (Å²) >= 11 is 0. The Kier molecular flexibility index (Phi) is 4.14. The maximum Gasteiger partial charge on any atom is 0.325 e. The Labute approximate surface area is 136 Å². The molecule has 0 unspecified atom stereocenters. The third-order valence-corrected chi connectivity index (χ3v) is 4.62. The molecule has 0 aliphatic carbocycles. The van der Waals surface area contributed by atoms with Crippen LogP contribution in [-0.2, 0) is 4.79 Å². The lowest BCUT2D eigenvalue weighted by molar-refractivity contribution is -0.130. The zero-order valence-electron chi connectivity index (χ0n) is 14.0. The number of carbonyl (C=O) groups excluding carboxylic acids is 2.